The molecule has 0 unspecified atom stereocenters. The van der Waals surface area contributed by atoms with E-state index < -0.39 is 6.36 Å². The van der Waals surface area contributed by atoms with Gasteiger partial charge in [-0.3, -0.25) is 9.36 Å². The predicted octanol–water partition coefficient (Wildman–Crippen LogP) is 4.95. The quantitative estimate of drug-likeness (QED) is 0.537. The van der Waals surface area contributed by atoms with Crippen LogP contribution in [0.3, 0.4) is 0 Å². The third kappa shape index (κ3) is 5.36. The average molecular weight is 485 g/mol. The molecule has 35 heavy (non-hydrogen) atoms. The zero-order valence-corrected chi connectivity index (χ0v) is 19.4. The summed E-state index contributed by atoms with van der Waals surface area (Å²) in [5, 5.41) is 2.20. The van der Waals surface area contributed by atoms with E-state index in [0.29, 0.717) is 16.7 Å². The molecule has 0 spiro atoms. The predicted molar refractivity (Wildman–Crippen MR) is 129 cm³/mol. The van der Waals surface area contributed by atoms with Crippen LogP contribution < -0.4 is 15.7 Å². The summed E-state index contributed by atoms with van der Waals surface area (Å²) in [6.45, 7) is 6.79. The Kier molecular flexibility index (Phi) is 6.29. The fourth-order valence-corrected chi connectivity index (χ4v) is 4.81. The lowest BCUT2D eigenvalue weighted by Gasteiger charge is -2.20. The topological polar surface area (TPSA) is 49.7 Å². The fourth-order valence-electron chi connectivity index (χ4n) is 4.81. The second-order valence-electron chi connectivity index (χ2n) is 9.07. The van der Waals surface area contributed by atoms with Crippen molar-refractivity contribution < 1.29 is 17.9 Å². The van der Waals surface area contributed by atoms with Crippen LogP contribution in [0.25, 0.3) is 16.8 Å². The third-order valence-electron chi connectivity index (χ3n) is 6.55. The van der Waals surface area contributed by atoms with E-state index in [1.807, 2.05) is 18.2 Å². The number of pyridine rings is 1. The number of anilines is 1. The molecular formula is C26H27F3N4O2. The molecule has 5 rings (SSSR count). The van der Waals surface area contributed by atoms with Crippen molar-refractivity contribution in [2.45, 2.75) is 32.7 Å². The molecule has 6 nitrogen and oxygen atoms in total. The van der Waals surface area contributed by atoms with Crippen LogP contribution in [0.4, 0.5) is 18.9 Å². The Labute approximate surface area is 201 Å². The van der Waals surface area contributed by atoms with Crippen LogP contribution in [-0.2, 0) is 6.54 Å². The van der Waals surface area contributed by atoms with Gasteiger partial charge in [0.1, 0.15) is 5.75 Å². The number of likely N-dealkylation sites (tertiary alicyclic amines) is 1. The number of aryl methyl sites for hydroxylation is 1. The largest absolute Gasteiger partial charge is 0.573 e. The van der Waals surface area contributed by atoms with Crippen molar-refractivity contribution >= 4 is 5.69 Å². The van der Waals surface area contributed by atoms with E-state index in [1.165, 1.54) is 50.2 Å². The fraction of sp³-hybridized carbons (Fsp3) is 0.346. The lowest BCUT2D eigenvalue weighted by molar-refractivity contribution is -0.274. The van der Waals surface area contributed by atoms with Crippen molar-refractivity contribution in [2.24, 2.45) is 0 Å². The molecule has 2 aromatic carbocycles. The van der Waals surface area contributed by atoms with E-state index in [2.05, 4.69) is 20.1 Å². The third-order valence-corrected chi connectivity index (χ3v) is 6.55. The smallest absolute Gasteiger partial charge is 0.406 e. The number of hydrogen-bond acceptors (Lipinski definition) is 5. The van der Waals surface area contributed by atoms with Crippen molar-refractivity contribution in [3.8, 4) is 22.6 Å². The van der Waals surface area contributed by atoms with Crippen LogP contribution in [0.5, 0.6) is 5.75 Å². The molecule has 3 heterocycles. The second kappa shape index (κ2) is 9.39. The van der Waals surface area contributed by atoms with E-state index >= 15 is 0 Å². The maximum Gasteiger partial charge on any atom is 0.573 e. The molecule has 1 fully saturated rings. The zero-order valence-electron chi connectivity index (χ0n) is 19.4. The number of nitrogens with one attached hydrogen (secondary N) is 1. The SMILES string of the molecule is Cc1cc(OC(F)(F)F)ccc1-c1ccn(-c2ccc3c(c2)CN(CCN2CCCC2)N3)c(=O)c1. The van der Waals surface area contributed by atoms with Crippen molar-refractivity contribution in [3.05, 3.63) is 76.2 Å². The minimum Gasteiger partial charge on any atom is -0.406 e. The van der Waals surface area contributed by atoms with Gasteiger partial charge >= 0.3 is 6.36 Å². The molecular weight excluding hydrogens is 457 g/mol. The summed E-state index contributed by atoms with van der Waals surface area (Å²) >= 11 is 0. The normalized spacial score (nSPS) is 16.3. The van der Waals surface area contributed by atoms with Gasteiger partial charge in [-0.05, 0) is 91.5 Å². The van der Waals surface area contributed by atoms with Crippen LogP contribution in [0.2, 0.25) is 0 Å². The van der Waals surface area contributed by atoms with Crippen LogP contribution in [-0.4, -0.2) is 47.0 Å². The van der Waals surface area contributed by atoms with E-state index in [1.54, 1.807) is 23.8 Å². The molecule has 2 aliphatic heterocycles. The first kappa shape index (κ1) is 23.4. The van der Waals surface area contributed by atoms with Gasteiger partial charge in [0.05, 0.1) is 5.69 Å². The number of alkyl halides is 3. The van der Waals surface area contributed by atoms with Gasteiger partial charge in [0, 0.05) is 37.6 Å². The molecule has 1 N–H and O–H groups in total. The summed E-state index contributed by atoms with van der Waals surface area (Å²) in [5.74, 6) is -0.284. The number of rotatable bonds is 6. The molecule has 184 valence electrons. The Morgan fingerprint density at radius 1 is 1.00 bits per heavy atom. The van der Waals surface area contributed by atoms with Gasteiger partial charge in [0.2, 0.25) is 0 Å². The Morgan fingerprint density at radius 2 is 1.80 bits per heavy atom. The standard InChI is InChI=1S/C26H27F3N4O2/c1-18-14-22(35-26(27,28)29)5-6-23(18)19-8-11-33(25(34)16-19)21-4-7-24-20(15-21)17-32(30-24)13-12-31-9-2-3-10-31/h4-8,11,14-16,30H,2-3,9-10,12-13,17H2,1H3. The molecule has 3 aromatic rings. The van der Waals surface area contributed by atoms with E-state index in [-0.39, 0.29) is 11.3 Å². The molecule has 1 saturated heterocycles. The Balaban J connectivity index is 1.31. The second-order valence-corrected chi connectivity index (χ2v) is 9.07. The summed E-state index contributed by atoms with van der Waals surface area (Å²) in [7, 11) is 0. The van der Waals surface area contributed by atoms with E-state index in [0.717, 1.165) is 36.6 Å². The molecule has 0 aliphatic carbocycles. The first-order chi connectivity index (χ1) is 16.7. The van der Waals surface area contributed by atoms with Gasteiger partial charge in [0.25, 0.3) is 5.56 Å². The number of benzene rings is 2. The molecule has 0 atom stereocenters. The Morgan fingerprint density at radius 3 is 2.51 bits per heavy atom. The van der Waals surface area contributed by atoms with Crippen LogP contribution in [0.15, 0.2) is 59.5 Å². The van der Waals surface area contributed by atoms with Crippen LogP contribution in [0.1, 0.15) is 24.0 Å². The lowest BCUT2D eigenvalue weighted by atomic mass is 10.0. The molecule has 0 bridgehead atoms. The minimum atomic E-state index is -4.75. The molecule has 1 aromatic heterocycles. The average Bonchev–Trinajstić information content (AvgIpc) is 3.45. The molecule has 0 amide bonds. The van der Waals surface area contributed by atoms with Crippen molar-refractivity contribution in [1.29, 1.82) is 0 Å². The van der Waals surface area contributed by atoms with Crippen molar-refractivity contribution in [3.63, 3.8) is 0 Å². The number of hydrogen-bond donors (Lipinski definition) is 1. The molecule has 9 heteroatoms. The summed E-state index contributed by atoms with van der Waals surface area (Å²) < 4.78 is 43.0. The van der Waals surface area contributed by atoms with Gasteiger partial charge in [-0.25, -0.2) is 5.01 Å². The zero-order chi connectivity index (χ0) is 24.6. The number of aromatic nitrogens is 1. The maximum atomic E-state index is 13.0. The van der Waals surface area contributed by atoms with E-state index in [9.17, 15) is 18.0 Å². The highest BCUT2D eigenvalue weighted by atomic mass is 19.4. The molecule has 2 aliphatic rings. The van der Waals surface area contributed by atoms with Crippen LogP contribution in [0, 0.1) is 6.92 Å². The first-order valence-corrected chi connectivity index (χ1v) is 11.7. The number of nitrogens with zero attached hydrogens (tertiary/aromatic N) is 3. The summed E-state index contributed by atoms with van der Waals surface area (Å²) in [6, 6.07) is 13.3. The number of halogens is 3. The highest BCUT2D eigenvalue weighted by Crippen LogP contribution is 2.30. The monoisotopic (exact) mass is 484 g/mol. The van der Waals surface area contributed by atoms with Gasteiger partial charge < -0.3 is 15.1 Å². The summed E-state index contributed by atoms with van der Waals surface area (Å²) in [5.41, 5.74) is 8.09. The van der Waals surface area contributed by atoms with Crippen molar-refractivity contribution in [2.75, 3.05) is 31.6 Å². The van der Waals surface area contributed by atoms with Crippen molar-refractivity contribution in [1.82, 2.24) is 14.5 Å². The number of hydrazine groups is 1. The highest BCUT2D eigenvalue weighted by Gasteiger charge is 2.31. The number of fused-ring (bicyclic) bond motifs is 1. The van der Waals surface area contributed by atoms with Gasteiger partial charge in [-0.15, -0.1) is 13.2 Å². The first-order valence-electron chi connectivity index (χ1n) is 11.7. The lowest BCUT2D eigenvalue weighted by Crippen LogP contribution is -2.33. The Bertz CT molecular complexity index is 1280. The van der Waals surface area contributed by atoms with Gasteiger partial charge in [-0.1, -0.05) is 6.07 Å². The van der Waals surface area contributed by atoms with Gasteiger partial charge in [0.15, 0.2) is 0 Å². The molecule has 0 radical (unpaired) electrons. The highest BCUT2D eigenvalue weighted by molar-refractivity contribution is 5.68. The van der Waals surface area contributed by atoms with E-state index in [4.69, 9.17) is 0 Å². The maximum absolute atomic E-state index is 13.0. The van der Waals surface area contributed by atoms with Crippen LogP contribution >= 0.6 is 0 Å². The molecule has 0 saturated carbocycles. The summed E-state index contributed by atoms with van der Waals surface area (Å²) in [4.78, 5) is 15.4. The Hall–Kier alpha value is -3.30. The number of ether oxygens (including phenoxy) is 1. The van der Waals surface area contributed by atoms with Gasteiger partial charge in [-0.2, -0.15) is 0 Å². The minimum absolute atomic E-state index is 0.214. The summed E-state index contributed by atoms with van der Waals surface area (Å²) in [6.07, 6.45) is -0.485.